The molecule has 0 spiro atoms. The first-order valence-corrected chi connectivity index (χ1v) is 7.80. The van der Waals surface area contributed by atoms with Gasteiger partial charge in [-0.05, 0) is 55.1 Å². The fraction of sp³-hybridized carbons (Fsp3) is 0.600. The van der Waals surface area contributed by atoms with Crippen LogP contribution >= 0.6 is 11.8 Å². The molecule has 1 saturated heterocycles. The van der Waals surface area contributed by atoms with Crippen molar-refractivity contribution in [2.24, 2.45) is 0 Å². The van der Waals surface area contributed by atoms with Crippen LogP contribution in [0.2, 0.25) is 0 Å². The molecule has 1 aliphatic rings. The number of hydrogen-bond donors (Lipinski definition) is 0. The van der Waals surface area contributed by atoms with E-state index >= 15 is 0 Å². The Kier molecular flexibility index (Phi) is 5.38. The molecular weight excluding hydrogens is 285 g/mol. The van der Waals surface area contributed by atoms with E-state index < -0.39 is 5.51 Å². The van der Waals surface area contributed by atoms with E-state index in [1.165, 1.54) is 12.1 Å². The van der Waals surface area contributed by atoms with Crippen molar-refractivity contribution in [2.45, 2.75) is 61.6 Å². The van der Waals surface area contributed by atoms with Crippen molar-refractivity contribution < 1.29 is 17.9 Å². The van der Waals surface area contributed by atoms with E-state index in [1.807, 2.05) is 0 Å². The van der Waals surface area contributed by atoms with Gasteiger partial charge in [0.05, 0.1) is 12.2 Å². The molecule has 0 aromatic heterocycles. The molecule has 1 fully saturated rings. The average Bonchev–Trinajstić information content (AvgIpc) is 2.38. The van der Waals surface area contributed by atoms with Crippen LogP contribution in [0.3, 0.4) is 0 Å². The quantitative estimate of drug-likeness (QED) is 0.659. The summed E-state index contributed by atoms with van der Waals surface area (Å²) in [6, 6.07) is 6.57. The van der Waals surface area contributed by atoms with Gasteiger partial charge in [0, 0.05) is 4.90 Å². The molecule has 20 heavy (non-hydrogen) atoms. The molecule has 1 heterocycles. The van der Waals surface area contributed by atoms with Crippen molar-refractivity contribution in [2.75, 3.05) is 0 Å². The molecular formula is C15H19F3OS. The maximum atomic E-state index is 12.3. The molecule has 0 aliphatic carbocycles. The summed E-state index contributed by atoms with van der Waals surface area (Å²) in [4.78, 5) is 0.224. The summed E-state index contributed by atoms with van der Waals surface area (Å²) in [6.45, 7) is 2.14. The zero-order valence-electron chi connectivity index (χ0n) is 11.5. The van der Waals surface area contributed by atoms with Crippen LogP contribution in [0.5, 0.6) is 0 Å². The molecule has 5 heteroatoms. The van der Waals surface area contributed by atoms with Crippen LogP contribution in [0.25, 0.3) is 0 Å². The van der Waals surface area contributed by atoms with Crippen LogP contribution in [-0.2, 0) is 4.74 Å². The first-order valence-electron chi connectivity index (χ1n) is 6.99. The fourth-order valence-electron chi connectivity index (χ4n) is 2.56. The lowest BCUT2D eigenvalue weighted by molar-refractivity contribution is -0.0550. The normalized spacial score (nSPS) is 23.8. The van der Waals surface area contributed by atoms with Gasteiger partial charge in [-0.1, -0.05) is 25.5 Å². The monoisotopic (exact) mass is 304 g/mol. The number of rotatable bonds is 4. The van der Waals surface area contributed by atoms with Gasteiger partial charge >= 0.3 is 5.51 Å². The van der Waals surface area contributed by atoms with Crippen molar-refractivity contribution in [3.8, 4) is 0 Å². The summed E-state index contributed by atoms with van der Waals surface area (Å²) in [5.74, 6) is 0. The molecule has 2 atom stereocenters. The molecule has 1 aromatic rings. The number of ether oxygens (including phenoxy) is 1. The number of alkyl halides is 3. The van der Waals surface area contributed by atoms with E-state index in [1.54, 1.807) is 12.1 Å². The van der Waals surface area contributed by atoms with E-state index in [0.29, 0.717) is 6.10 Å². The number of halogens is 3. The number of hydrogen-bond acceptors (Lipinski definition) is 2. The predicted molar refractivity (Wildman–Crippen MR) is 74.7 cm³/mol. The van der Waals surface area contributed by atoms with Gasteiger partial charge in [0.15, 0.2) is 0 Å². The first-order chi connectivity index (χ1) is 9.48. The largest absolute Gasteiger partial charge is 0.446 e. The Morgan fingerprint density at radius 2 is 1.90 bits per heavy atom. The Labute approximate surface area is 121 Å². The molecule has 1 aromatic carbocycles. The van der Waals surface area contributed by atoms with Crippen molar-refractivity contribution >= 4 is 11.8 Å². The Morgan fingerprint density at radius 3 is 2.50 bits per heavy atom. The zero-order chi connectivity index (χ0) is 14.6. The standard InChI is InChI=1S/C15H19F3OS/c1-2-4-12-5-3-6-14(19-12)11-7-9-13(10-8-11)20-15(16,17)18/h7-10,12,14H,2-6H2,1H3/t12-,14-/m0/s1. The maximum Gasteiger partial charge on any atom is 0.446 e. The third kappa shape index (κ3) is 4.70. The van der Waals surface area contributed by atoms with Crippen LogP contribution < -0.4 is 0 Å². The van der Waals surface area contributed by atoms with E-state index in [9.17, 15) is 13.2 Å². The van der Waals surface area contributed by atoms with Crippen molar-refractivity contribution in [3.05, 3.63) is 29.8 Å². The minimum atomic E-state index is -4.23. The van der Waals surface area contributed by atoms with Crippen LogP contribution in [0.1, 0.15) is 50.7 Å². The highest BCUT2D eigenvalue weighted by Crippen LogP contribution is 2.38. The molecule has 2 rings (SSSR count). The number of benzene rings is 1. The predicted octanol–water partition coefficient (Wildman–Crippen LogP) is 5.71. The Bertz CT molecular complexity index is 414. The molecule has 0 unspecified atom stereocenters. The summed E-state index contributed by atoms with van der Waals surface area (Å²) in [7, 11) is 0. The molecule has 0 saturated carbocycles. The average molecular weight is 304 g/mol. The summed E-state index contributed by atoms with van der Waals surface area (Å²) >= 11 is -0.0760. The minimum Gasteiger partial charge on any atom is -0.370 e. The van der Waals surface area contributed by atoms with Gasteiger partial charge in [-0.3, -0.25) is 0 Å². The lowest BCUT2D eigenvalue weighted by Crippen LogP contribution is -2.22. The lowest BCUT2D eigenvalue weighted by atomic mass is 9.97. The third-order valence-corrected chi connectivity index (χ3v) is 4.18. The SMILES string of the molecule is CCC[C@H]1CCC[C@@H](c2ccc(SC(F)(F)F)cc2)O1. The van der Waals surface area contributed by atoms with Crippen molar-refractivity contribution in [1.29, 1.82) is 0 Å². The second-order valence-corrected chi connectivity index (χ2v) is 6.22. The second-order valence-electron chi connectivity index (χ2n) is 5.08. The van der Waals surface area contributed by atoms with Crippen LogP contribution in [0.15, 0.2) is 29.2 Å². The molecule has 1 nitrogen and oxygen atoms in total. The molecule has 0 bridgehead atoms. The van der Waals surface area contributed by atoms with Gasteiger partial charge < -0.3 is 4.74 Å². The van der Waals surface area contributed by atoms with E-state index in [-0.39, 0.29) is 22.8 Å². The molecule has 0 amide bonds. The summed E-state index contributed by atoms with van der Waals surface area (Å²) in [5, 5.41) is 0. The molecule has 0 radical (unpaired) electrons. The van der Waals surface area contributed by atoms with Gasteiger partial charge in [-0.2, -0.15) is 13.2 Å². The van der Waals surface area contributed by atoms with Crippen LogP contribution in [-0.4, -0.2) is 11.6 Å². The highest BCUT2D eigenvalue weighted by molar-refractivity contribution is 8.00. The zero-order valence-corrected chi connectivity index (χ0v) is 12.3. The summed E-state index contributed by atoms with van der Waals surface area (Å²) in [5.41, 5.74) is -3.24. The van der Waals surface area contributed by atoms with Gasteiger partial charge in [0.1, 0.15) is 0 Å². The van der Waals surface area contributed by atoms with Gasteiger partial charge in [0.25, 0.3) is 0 Å². The van der Waals surface area contributed by atoms with Crippen molar-refractivity contribution in [3.63, 3.8) is 0 Å². The highest BCUT2D eigenvalue weighted by atomic mass is 32.2. The Hall–Kier alpha value is -0.680. The van der Waals surface area contributed by atoms with Crippen LogP contribution in [0, 0.1) is 0 Å². The topological polar surface area (TPSA) is 9.23 Å². The molecule has 0 N–H and O–H groups in total. The second kappa shape index (κ2) is 6.85. The van der Waals surface area contributed by atoms with E-state index in [4.69, 9.17) is 4.74 Å². The number of thioether (sulfide) groups is 1. The van der Waals surface area contributed by atoms with Crippen LogP contribution in [0.4, 0.5) is 13.2 Å². The summed E-state index contributed by atoms with van der Waals surface area (Å²) < 4.78 is 42.8. The smallest absolute Gasteiger partial charge is 0.370 e. The fourth-order valence-corrected chi connectivity index (χ4v) is 3.10. The van der Waals surface area contributed by atoms with Crippen molar-refractivity contribution in [1.82, 2.24) is 0 Å². The maximum absolute atomic E-state index is 12.3. The van der Waals surface area contributed by atoms with Gasteiger partial charge in [-0.25, -0.2) is 0 Å². The molecule has 1 aliphatic heterocycles. The van der Waals surface area contributed by atoms with Gasteiger partial charge in [0.2, 0.25) is 0 Å². The molecule has 112 valence electrons. The highest BCUT2D eigenvalue weighted by Gasteiger charge is 2.29. The summed E-state index contributed by atoms with van der Waals surface area (Å²) in [6.07, 6.45) is 5.64. The Morgan fingerprint density at radius 1 is 1.20 bits per heavy atom. The van der Waals surface area contributed by atoms with Gasteiger partial charge in [-0.15, -0.1) is 0 Å². The minimum absolute atomic E-state index is 0.0326. The van der Waals surface area contributed by atoms with E-state index in [2.05, 4.69) is 6.92 Å². The third-order valence-electron chi connectivity index (χ3n) is 3.45. The first kappa shape index (κ1) is 15.7. The lowest BCUT2D eigenvalue weighted by Gasteiger charge is -2.30. The Balaban J connectivity index is 1.98. The van der Waals surface area contributed by atoms with E-state index in [0.717, 1.165) is 37.7 Å².